The molecular weight excluding hydrogens is 278 g/mol. The van der Waals surface area contributed by atoms with Gasteiger partial charge in [0.15, 0.2) is 0 Å². The quantitative estimate of drug-likeness (QED) is 0.843. The molecule has 6 nitrogen and oxygen atoms in total. The Morgan fingerprint density at radius 1 is 1.32 bits per heavy atom. The number of rotatable bonds is 5. The number of sulfonamides is 1. The molecule has 19 heavy (non-hydrogen) atoms. The third-order valence-corrected chi connectivity index (χ3v) is 3.78. The van der Waals surface area contributed by atoms with Crippen molar-refractivity contribution in [1.82, 2.24) is 19.9 Å². The molecule has 102 valence electrons. The zero-order valence-corrected chi connectivity index (χ0v) is 10.4. The SMILES string of the molecule is O=S(=O)(NCCc1ncn[nH]1)c1cc(F)ccc1F. The van der Waals surface area contributed by atoms with Crippen LogP contribution in [0.25, 0.3) is 0 Å². The second-order valence-corrected chi connectivity index (χ2v) is 5.39. The Morgan fingerprint density at radius 3 is 2.79 bits per heavy atom. The van der Waals surface area contributed by atoms with Crippen LogP contribution in [-0.4, -0.2) is 30.1 Å². The van der Waals surface area contributed by atoms with E-state index in [-0.39, 0.29) is 13.0 Å². The van der Waals surface area contributed by atoms with Gasteiger partial charge < -0.3 is 0 Å². The maximum absolute atomic E-state index is 13.4. The van der Waals surface area contributed by atoms with Gasteiger partial charge in [0.2, 0.25) is 10.0 Å². The summed E-state index contributed by atoms with van der Waals surface area (Å²) in [5.74, 6) is -1.34. The molecule has 0 fully saturated rings. The van der Waals surface area contributed by atoms with Gasteiger partial charge in [-0.2, -0.15) is 5.10 Å². The Hall–Kier alpha value is -1.87. The summed E-state index contributed by atoms with van der Waals surface area (Å²) in [6.07, 6.45) is 1.55. The standard InChI is InChI=1S/C10H10F2N4O2S/c11-7-1-2-8(12)9(5-7)19(17,18)15-4-3-10-13-6-14-16-10/h1-2,5-6,15H,3-4H2,(H,13,14,16). The molecule has 2 aromatic rings. The van der Waals surface area contributed by atoms with Crippen molar-refractivity contribution in [3.63, 3.8) is 0 Å². The molecule has 0 bridgehead atoms. The van der Waals surface area contributed by atoms with Crippen molar-refractivity contribution in [1.29, 1.82) is 0 Å². The van der Waals surface area contributed by atoms with Crippen LogP contribution in [0.4, 0.5) is 8.78 Å². The highest BCUT2D eigenvalue weighted by Crippen LogP contribution is 2.15. The third-order valence-electron chi connectivity index (χ3n) is 2.30. The molecule has 2 N–H and O–H groups in total. The molecule has 0 spiro atoms. The van der Waals surface area contributed by atoms with Gasteiger partial charge in [-0.3, -0.25) is 5.10 Å². The number of H-pyrrole nitrogens is 1. The number of nitrogens with zero attached hydrogens (tertiary/aromatic N) is 2. The van der Waals surface area contributed by atoms with Gasteiger partial charge in [-0.15, -0.1) is 0 Å². The molecule has 0 unspecified atom stereocenters. The number of hydrogen-bond donors (Lipinski definition) is 2. The molecule has 0 saturated heterocycles. The molecule has 0 amide bonds. The molecule has 1 heterocycles. The molecule has 0 radical (unpaired) electrons. The van der Waals surface area contributed by atoms with Crippen LogP contribution in [0.2, 0.25) is 0 Å². The van der Waals surface area contributed by atoms with Crippen molar-refractivity contribution in [3.05, 3.63) is 42.0 Å². The lowest BCUT2D eigenvalue weighted by atomic mass is 10.3. The first-order chi connectivity index (χ1) is 8.99. The highest BCUT2D eigenvalue weighted by molar-refractivity contribution is 7.89. The van der Waals surface area contributed by atoms with E-state index < -0.39 is 26.6 Å². The predicted molar refractivity (Wildman–Crippen MR) is 61.6 cm³/mol. The monoisotopic (exact) mass is 288 g/mol. The zero-order chi connectivity index (χ0) is 13.9. The van der Waals surface area contributed by atoms with Crippen LogP contribution in [0.1, 0.15) is 5.82 Å². The van der Waals surface area contributed by atoms with Crippen LogP contribution in [0.3, 0.4) is 0 Å². The van der Waals surface area contributed by atoms with Crippen molar-refractivity contribution in [2.75, 3.05) is 6.54 Å². The lowest BCUT2D eigenvalue weighted by molar-refractivity contribution is 0.545. The first-order valence-corrected chi connectivity index (χ1v) is 6.76. The van der Waals surface area contributed by atoms with Crippen molar-refractivity contribution < 1.29 is 17.2 Å². The van der Waals surface area contributed by atoms with Crippen LogP contribution in [0.15, 0.2) is 29.4 Å². The van der Waals surface area contributed by atoms with Crippen molar-refractivity contribution >= 4 is 10.0 Å². The van der Waals surface area contributed by atoms with Crippen LogP contribution >= 0.6 is 0 Å². The van der Waals surface area contributed by atoms with Gasteiger partial charge in [-0.25, -0.2) is 26.9 Å². The Morgan fingerprint density at radius 2 is 2.11 bits per heavy atom. The summed E-state index contributed by atoms with van der Waals surface area (Å²) in [5, 5.41) is 6.15. The summed E-state index contributed by atoms with van der Waals surface area (Å²) in [4.78, 5) is 3.09. The molecule has 0 atom stereocenters. The number of aromatic nitrogens is 3. The highest BCUT2D eigenvalue weighted by atomic mass is 32.2. The fourth-order valence-electron chi connectivity index (χ4n) is 1.42. The number of hydrogen-bond acceptors (Lipinski definition) is 4. The molecule has 1 aromatic heterocycles. The van der Waals surface area contributed by atoms with Crippen LogP contribution in [0, 0.1) is 11.6 Å². The minimum Gasteiger partial charge on any atom is -0.263 e. The first-order valence-electron chi connectivity index (χ1n) is 5.28. The smallest absolute Gasteiger partial charge is 0.243 e. The van der Waals surface area contributed by atoms with E-state index in [2.05, 4.69) is 19.9 Å². The first kappa shape index (κ1) is 13.6. The Bertz CT molecular complexity index is 658. The van der Waals surface area contributed by atoms with Crippen molar-refractivity contribution in [3.8, 4) is 0 Å². The highest BCUT2D eigenvalue weighted by Gasteiger charge is 2.19. The maximum Gasteiger partial charge on any atom is 0.243 e. The van der Waals surface area contributed by atoms with Gasteiger partial charge >= 0.3 is 0 Å². The zero-order valence-electron chi connectivity index (χ0n) is 9.60. The third kappa shape index (κ3) is 3.32. The number of halogens is 2. The van der Waals surface area contributed by atoms with E-state index in [1.807, 2.05) is 0 Å². The van der Waals surface area contributed by atoms with Gasteiger partial charge in [-0.1, -0.05) is 0 Å². The lowest BCUT2D eigenvalue weighted by Gasteiger charge is -2.06. The van der Waals surface area contributed by atoms with E-state index >= 15 is 0 Å². The Labute approximate surface area is 107 Å². The van der Waals surface area contributed by atoms with E-state index in [9.17, 15) is 17.2 Å². The lowest BCUT2D eigenvalue weighted by Crippen LogP contribution is -2.27. The number of aromatic amines is 1. The second-order valence-electron chi connectivity index (χ2n) is 3.65. The second kappa shape index (κ2) is 5.41. The van der Waals surface area contributed by atoms with Crippen molar-refractivity contribution in [2.45, 2.75) is 11.3 Å². The minimum absolute atomic E-state index is 0.00647. The molecule has 0 aliphatic rings. The molecular formula is C10H10F2N4O2S. The summed E-state index contributed by atoms with van der Waals surface area (Å²) in [7, 11) is -4.09. The Kier molecular flexibility index (Phi) is 3.86. The van der Waals surface area contributed by atoms with Gasteiger partial charge in [-0.05, 0) is 18.2 Å². The summed E-state index contributed by atoms with van der Waals surface area (Å²) in [6.45, 7) is -0.00647. The van der Waals surface area contributed by atoms with Gasteiger partial charge in [0.25, 0.3) is 0 Å². The van der Waals surface area contributed by atoms with Crippen molar-refractivity contribution in [2.24, 2.45) is 0 Å². The summed E-state index contributed by atoms with van der Waals surface area (Å²) >= 11 is 0. The average Bonchev–Trinajstić information content (AvgIpc) is 2.85. The molecule has 0 aliphatic heterocycles. The molecule has 9 heteroatoms. The summed E-state index contributed by atoms with van der Waals surface area (Å²) in [6, 6.07) is 2.25. The number of benzene rings is 1. The minimum atomic E-state index is -4.09. The molecule has 1 aromatic carbocycles. The summed E-state index contributed by atoms with van der Waals surface area (Å²) in [5.41, 5.74) is 0. The van der Waals surface area contributed by atoms with E-state index in [1.165, 1.54) is 6.33 Å². The molecule has 0 saturated carbocycles. The van der Waals surface area contributed by atoms with Crippen LogP contribution in [0.5, 0.6) is 0 Å². The molecule has 0 aliphatic carbocycles. The average molecular weight is 288 g/mol. The molecule has 2 rings (SSSR count). The number of nitrogens with one attached hydrogen (secondary N) is 2. The topological polar surface area (TPSA) is 87.7 Å². The van der Waals surface area contributed by atoms with E-state index in [0.717, 1.165) is 12.1 Å². The fraction of sp³-hybridized carbons (Fsp3) is 0.200. The van der Waals surface area contributed by atoms with Gasteiger partial charge in [0.1, 0.15) is 28.7 Å². The largest absolute Gasteiger partial charge is 0.263 e. The summed E-state index contributed by atoms with van der Waals surface area (Å²) < 4.78 is 52.0. The normalized spacial score (nSPS) is 11.7. The van der Waals surface area contributed by atoms with E-state index in [4.69, 9.17) is 0 Å². The van der Waals surface area contributed by atoms with Crippen LogP contribution < -0.4 is 4.72 Å². The predicted octanol–water partition coefficient (Wildman–Crippen LogP) is 0.604. The van der Waals surface area contributed by atoms with Crippen LogP contribution in [-0.2, 0) is 16.4 Å². The Balaban J connectivity index is 2.07. The van der Waals surface area contributed by atoms with E-state index in [0.29, 0.717) is 11.9 Å². The van der Waals surface area contributed by atoms with Gasteiger partial charge in [0, 0.05) is 13.0 Å². The van der Waals surface area contributed by atoms with E-state index in [1.54, 1.807) is 0 Å². The fourth-order valence-corrected chi connectivity index (χ4v) is 2.53. The maximum atomic E-state index is 13.4. The van der Waals surface area contributed by atoms with Gasteiger partial charge in [0.05, 0.1) is 0 Å².